The summed E-state index contributed by atoms with van der Waals surface area (Å²) in [6, 6.07) is 7.46. The largest absolute Gasteiger partial charge is 0.309 e. The fourth-order valence-corrected chi connectivity index (χ4v) is 5.60. The molecule has 0 spiro atoms. The van der Waals surface area contributed by atoms with Crippen molar-refractivity contribution >= 4 is 44.2 Å². The topological polar surface area (TPSA) is 80.6 Å². The standard InChI is InChI=1S/C23H26N4O2S2/c1-4-5-6-9-12-27-22(29)16-10-7-8-11-17(16)24-23(27)30-13-18-25-20(28)19-14(2)15(3)31-21(19)26-18/h7-8,10-11H,4-6,9,12-13H2,1-3H3,(H,25,26,28). The van der Waals surface area contributed by atoms with Gasteiger partial charge in [0.25, 0.3) is 11.1 Å². The summed E-state index contributed by atoms with van der Waals surface area (Å²) >= 11 is 2.99. The molecule has 4 rings (SSSR count). The number of nitrogens with zero attached hydrogens (tertiary/aromatic N) is 3. The number of para-hydroxylation sites is 1. The highest BCUT2D eigenvalue weighted by Crippen LogP contribution is 2.27. The van der Waals surface area contributed by atoms with Crippen molar-refractivity contribution in [3.8, 4) is 0 Å². The van der Waals surface area contributed by atoms with Gasteiger partial charge in [-0.25, -0.2) is 9.97 Å². The lowest BCUT2D eigenvalue weighted by molar-refractivity contribution is 0.531. The number of rotatable bonds is 8. The molecule has 0 unspecified atom stereocenters. The Hall–Kier alpha value is -2.45. The molecule has 0 fully saturated rings. The first kappa shape index (κ1) is 21.8. The van der Waals surface area contributed by atoms with E-state index in [1.807, 2.05) is 38.1 Å². The maximum absolute atomic E-state index is 13.1. The van der Waals surface area contributed by atoms with Gasteiger partial charge in [0, 0.05) is 11.4 Å². The Morgan fingerprint density at radius 3 is 2.71 bits per heavy atom. The molecule has 3 aromatic heterocycles. The highest BCUT2D eigenvalue weighted by molar-refractivity contribution is 7.98. The summed E-state index contributed by atoms with van der Waals surface area (Å²) < 4.78 is 1.78. The van der Waals surface area contributed by atoms with Gasteiger partial charge in [-0.05, 0) is 38.0 Å². The summed E-state index contributed by atoms with van der Waals surface area (Å²) in [5.74, 6) is 1.05. The molecule has 1 N–H and O–H groups in total. The molecular formula is C23H26N4O2S2. The van der Waals surface area contributed by atoms with Crippen LogP contribution in [0, 0.1) is 13.8 Å². The maximum Gasteiger partial charge on any atom is 0.262 e. The van der Waals surface area contributed by atoms with Crippen molar-refractivity contribution in [1.82, 2.24) is 19.5 Å². The molecule has 0 aliphatic rings. The minimum atomic E-state index is -0.106. The van der Waals surface area contributed by atoms with Crippen molar-refractivity contribution in [3.63, 3.8) is 0 Å². The third kappa shape index (κ3) is 4.45. The normalized spacial score (nSPS) is 11.6. The number of thioether (sulfide) groups is 1. The molecule has 0 atom stereocenters. The van der Waals surface area contributed by atoms with E-state index in [0.717, 1.165) is 41.0 Å². The molecule has 0 radical (unpaired) electrons. The second-order valence-corrected chi connectivity index (χ2v) is 9.84. The second-order valence-electron chi connectivity index (χ2n) is 7.69. The number of aromatic nitrogens is 4. The van der Waals surface area contributed by atoms with Crippen LogP contribution in [0.2, 0.25) is 0 Å². The highest BCUT2D eigenvalue weighted by Gasteiger charge is 2.15. The first-order valence-corrected chi connectivity index (χ1v) is 12.4. The predicted octanol–water partition coefficient (Wildman–Crippen LogP) is 5.18. The van der Waals surface area contributed by atoms with Crippen molar-refractivity contribution in [3.05, 3.63) is 61.2 Å². The van der Waals surface area contributed by atoms with Crippen LogP contribution in [0.3, 0.4) is 0 Å². The van der Waals surface area contributed by atoms with Crippen molar-refractivity contribution in [2.24, 2.45) is 0 Å². The summed E-state index contributed by atoms with van der Waals surface area (Å²) in [4.78, 5) is 39.9. The van der Waals surface area contributed by atoms with Crippen LogP contribution in [0.5, 0.6) is 0 Å². The first-order valence-electron chi connectivity index (χ1n) is 10.6. The molecule has 4 aromatic rings. The van der Waals surface area contributed by atoms with Crippen LogP contribution in [0.1, 0.15) is 48.9 Å². The third-order valence-corrected chi connectivity index (χ3v) is 7.58. The summed E-state index contributed by atoms with van der Waals surface area (Å²) in [7, 11) is 0. The molecule has 1 aromatic carbocycles. The SMILES string of the molecule is CCCCCCn1c(SCc2nc3sc(C)c(C)c3c(=O)[nH]2)nc2ccccc2c1=O. The van der Waals surface area contributed by atoms with Crippen LogP contribution in [-0.4, -0.2) is 19.5 Å². The van der Waals surface area contributed by atoms with Gasteiger partial charge >= 0.3 is 0 Å². The number of aromatic amines is 1. The lowest BCUT2D eigenvalue weighted by Crippen LogP contribution is -2.23. The maximum atomic E-state index is 13.1. The molecule has 6 nitrogen and oxygen atoms in total. The number of benzene rings is 1. The monoisotopic (exact) mass is 454 g/mol. The number of hydrogen-bond donors (Lipinski definition) is 1. The van der Waals surface area contributed by atoms with Crippen LogP contribution in [0.25, 0.3) is 21.1 Å². The Labute approximate surface area is 188 Å². The molecular weight excluding hydrogens is 428 g/mol. The van der Waals surface area contributed by atoms with Crippen molar-refractivity contribution in [2.75, 3.05) is 0 Å². The summed E-state index contributed by atoms with van der Waals surface area (Å²) in [6.45, 7) is 6.78. The molecule has 0 bridgehead atoms. The lowest BCUT2D eigenvalue weighted by atomic mass is 10.2. The lowest BCUT2D eigenvalue weighted by Gasteiger charge is -2.13. The van der Waals surface area contributed by atoms with Crippen LogP contribution in [0.15, 0.2) is 39.0 Å². The van der Waals surface area contributed by atoms with Gasteiger partial charge in [-0.3, -0.25) is 14.2 Å². The highest BCUT2D eigenvalue weighted by atomic mass is 32.2. The zero-order valence-corrected chi connectivity index (χ0v) is 19.7. The molecule has 0 saturated carbocycles. The van der Waals surface area contributed by atoms with Gasteiger partial charge in [-0.2, -0.15) is 0 Å². The van der Waals surface area contributed by atoms with Crippen molar-refractivity contribution < 1.29 is 0 Å². The Morgan fingerprint density at radius 1 is 1.10 bits per heavy atom. The van der Waals surface area contributed by atoms with Crippen LogP contribution in [0.4, 0.5) is 0 Å². The molecule has 3 heterocycles. The van der Waals surface area contributed by atoms with E-state index in [4.69, 9.17) is 4.98 Å². The molecule has 0 aliphatic carbocycles. The molecule has 0 amide bonds. The van der Waals surface area contributed by atoms with Crippen LogP contribution >= 0.6 is 23.1 Å². The van der Waals surface area contributed by atoms with Crippen molar-refractivity contribution in [1.29, 1.82) is 0 Å². The van der Waals surface area contributed by atoms with Crippen molar-refractivity contribution in [2.45, 2.75) is 63.9 Å². The zero-order chi connectivity index (χ0) is 22.0. The Morgan fingerprint density at radius 2 is 1.90 bits per heavy atom. The third-order valence-electron chi connectivity index (χ3n) is 5.49. The smallest absolute Gasteiger partial charge is 0.262 e. The van der Waals surface area contributed by atoms with E-state index >= 15 is 0 Å². The second kappa shape index (κ2) is 9.36. The predicted molar refractivity (Wildman–Crippen MR) is 129 cm³/mol. The molecule has 0 saturated heterocycles. The van der Waals surface area contributed by atoms with E-state index in [-0.39, 0.29) is 11.1 Å². The average molecular weight is 455 g/mol. The summed E-state index contributed by atoms with van der Waals surface area (Å²) in [5.41, 5.74) is 1.57. The van der Waals surface area contributed by atoms with Gasteiger partial charge < -0.3 is 4.98 Å². The first-order chi connectivity index (χ1) is 15.0. The van der Waals surface area contributed by atoms with Gasteiger partial charge in [0.05, 0.1) is 22.0 Å². The average Bonchev–Trinajstić information content (AvgIpc) is 3.05. The summed E-state index contributed by atoms with van der Waals surface area (Å²) in [5, 5.41) is 1.98. The number of hydrogen-bond acceptors (Lipinski definition) is 6. The minimum Gasteiger partial charge on any atom is -0.309 e. The zero-order valence-electron chi connectivity index (χ0n) is 18.0. The van der Waals surface area contributed by atoms with Crippen LogP contribution in [-0.2, 0) is 12.3 Å². The number of thiophene rings is 1. The summed E-state index contributed by atoms with van der Waals surface area (Å²) in [6.07, 6.45) is 4.33. The Balaban J connectivity index is 1.66. The quantitative estimate of drug-likeness (QED) is 0.225. The number of nitrogens with one attached hydrogen (secondary N) is 1. The molecule has 31 heavy (non-hydrogen) atoms. The Kier molecular flexibility index (Phi) is 6.57. The fraction of sp³-hybridized carbons (Fsp3) is 0.391. The van der Waals surface area contributed by atoms with E-state index in [1.54, 1.807) is 15.9 Å². The number of H-pyrrole nitrogens is 1. The Bertz CT molecular complexity index is 1350. The molecule has 0 aliphatic heterocycles. The molecule has 162 valence electrons. The van der Waals surface area contributed by atoms with Crippen LogP contribution < -0.4 is 11.1 Å². The minimum absolute atomic E-state index is 0.00832. The van der Waals surface area contributed by atoms with E-state index < -0.39 is 0 Å². The number of unbranched alkanes of at least 4 members (excludes halogenated alkanes) is 3. The van der Waals surface area contributed by atoms with Gasteiger partial charge in [0.1, 0.15) is 10.7 Å². The van der Waals surface area contributed by atoms with Gasteiger partial charge in [-0.15, -0.1) is 11.3 Å². The fourth-order valence-electron chi connectivity index (χ4n) is 3.65. The van der Waals surface area contributed by atoms with Gasteiger partial charge in [-0.1, -0.05) is 50.1 Å². The molecule has 8 heteroatoms. The van der Waals surface area contributed by atoms with Gasteiger partial charge in [0.2, 0.25) is 0 Å². The van der Waals surface area contributed by atoms with E-state index in [2.05, 4.69) is 16.9 Å². The van der Waals surface area contributed by atoms with E-state index in [1.165, 1.54) is 11.8 Å². The van der Waals surface area contributed by atoms with E-state index in [9.17, 15) is 9.59 Å². The number of fused-ring (bicyclic) bond motifs is 2. The number of aryl methyl sites for hydroxylation is 2. The van der Waals surface area contributed by atoms with Gasteiger partial charge in [0.15, 0.2) is 5.16 Å². The van der Waals surface area contributed by atoms with E-state index in [0.29, 0.717) is 39.6 Å².